The maximum atomic E-state index is 10.7. The number of carbonyl (C=O) groups is 3. The molecule has 0 fully saturated rings. The Hall–Kier alpha value is -1.59. The number of ether oxygens (including phenoxy) is 1. The largest absolute Gasteiger partial charge is 0.481 e. The van der Waals surface area contributed by atoms with Gasteiger partial charge in [0, 0.05) is 19.8 Å². The Labute approximate surface area is 80.5 Å². The van der Waals surface area contributed by atoms with Gasteiger partial charge in [-0.05, 0) is 6.92 Å². The van der Waals surface area contributed by atoms with Crippen LogP contribution in [-0.2, 0) is 19.1 Å². The van der Waals surface area contributed by atoms with E-state index in [0.717, 1.165) is 6.92 Å². The molecule has 0 bridgehead atoms. The van der Waals surface area contributed by atoms with Crippen molar-refractivity contribution >= 4 is 17.9 Å². The van der Waals surface area contributed by atoms with E-state index >= 15 is 0 Å². The quantitative estimate of drug-likeness (QED) is 0.623. The Bertz CT molecular complexity index is 259. The molecule has 1 unspecified atom stereocenters. The van der Waals surface area contributed by atoms with Crippen LogP contribution in [0.25, 0.3) is 0 Å². The average Bonchev–Trinajstić information content (AvgIpc) is 1.99. The van der Waals surface area contributed by atoms with E-state index in [1.54, 1.807) is 0 Å². The van der Waals surface area contributed by atoms with Crippen molar-refractivity contribution in [3.05, 3.63) is 0 Å². The van der Waals surface area contributed by atoms with Crippen LogP contribution < -0.4 is 0 Å². The molecular formula is C8H12O6. The average molecular weight is 204 g/mol. The van der Waals surface area contributed by atoms with Crippen LogP contribution in [0.5, 0.6) is 0 Å². The highest BCUT2D eigenvalue weighted by molar-refractivity contribution is 5.81. The van der Waals surface area contributed by atoms with Crippen LogP contribution >= 0.6 is 0 Å². The van der Waals surface area contributed by atoms with Gasteiger partial charge >= 0.3 is 17.9 Å². The normalized spacial score (nSPS) is 14.1. The molecule has 0 amide bonds. The molecule has 0 aliphatic carbocycles. The summed E-state index contributed by atoms with van der Waals surface area (Å²) in [5, 5.41) is 17.1. The molecular weight excluding hydrogens is 192 g/mol. The zero-order chi connectivity index (χ0) is 11.4. The van der Waals surface area contributed by atoms with Crippen molar-refractivity contribution in [1.82, 2.24) is 0 Å². The summed E-state index contributed by atoms with van der Waals surface area (Å²) in [7, 11) is 0. The van der Waals surface area contributed by atoms with Gasteiger partial charge in [-0.3, -0.25) is 9.59 Å². The number of carbonyl (C=O) groups excluding carboxylic acids is 1. The molecule has 0 spiro atoms. The van der Waals surface area contributed by atoms with Gasteiger partial charge in [0.2, 0.25) is 5.60 Å². The van der Waals surface area contributed by atoms with Gasteiger partial charge in [-0.15, -0.1) is 0 Å². The lowest BCUT2D eigenvalue weighted by Gasteiger charge is -2.23. The number of rotatable bonds is 5. The minimum Gasteiger partial charge on any atom is -0.481 e. The van der Waals surface area contributed by atoms with Crippen molar-refractivity contribution in [1.29, 1.82) is 0 Å². The van der Waals surface area contributed by atoms with Crippen LogP contribution in [-0.4, -0.2) is 33.7 Å². The van der Waals surface area contributed by atoms with Gasteiger partial charge in [0.25, 0.3) is 0 Å². The summed E-state index contributed by atoms with van der Waals surface area (Å²) in [5.74, 6) is -3.24. The van der Waals surface area contributed by atoms with E-state index in [1.807, 2.05) is 0 Å². The van der Waals surface area contributed by atoms with Crippen LogP contribution in [0, 0.1) is 0 Å². The zero-order valence-electron chi connectivity index (χ0n) is 7.94. The molecule has 14 heavy (non-hydrogen) atoms. The summed E-state index contributed by atoms with van der Waals surface area (Å²) < 4.78 is 4.55. The van der Waals surface area contributed by atoms with E-state index in [9.17, 15) is 14.4 Å². The minimum absolute atomic E-state index is 0.253. The minimum atomic E-state index is -1.76. The van der Waals surface area contributed by atoms with E-state index < -0.39 is 23.5 Å². The molecule has 0 aromatic heterocycles. The van der Waals surface area contributed by atoms with Gasteiger partial charge in [0.1, 0.15) is 0 Å². The predicted octanol–water partition coefficient (Wildman–Crippen LogP) is 0.258. The molecule has 6 nitrogen and oxygen atoms in total. The van der Waals surface area contributed by atoms with Crippen LogP contribution in [0.4, 0.5) is 0 Å². The lowest BCUT2D eigenvalue weighted by Crippen LogP contribution is -2.40. The maximum Gasteiger partial charge on any atom is 0.347 e. The molecule has 80 valence electrons. The summed E-state index contributed by atoms with van der Waals surface area (Å²) in [5.41, 5.74) is -1.76. The van der Waals surface area contributed by atoms with Crippen molar-refractivity contribution in [2.24, 2.45) is 0 Å². The fourth-order valence-corrected chi connectivity index (χ4v) is 0.864. The molecule has 0 heterocycles. The first kappa shape index (κ1) is 12.4. The van der Waals surface area contributed by atoms with E-state index in [4.69, 9.17) is 10.2 Å². The summed E-state index contributed by atoms with van der Waals surface area (Å²) in [6, 6.07) is 0. The first-order valence-corrected chi connectivity index (χ1v) is 3.92. The van der Waals surface area contributed by atoms with Gasteiger partial charge in [-0.25, -0.2) is 4.79 Å². The molecule has 0 aliphatic rings. The molecule has 0 rings (SSSR count). The third kappa shape index (κ3) is 3.88. The van der Waals surface area contributed by atoms with Crippen LogP contribution in [0.2, 0.25) is 0 Å². The number of esters is 1. The highest BCUT2D eigenvalue weighted by atomic mass is 16.6. The molecule has 6 heteroatoms. The Morgan fingerprint density at radius 3 is 2.07 bits per heavy atom. The molecule has 0 saturated heterocycles. The van der Waals surface area contributed by atoms with Crippen LogP contribution in [0.15, 0.2) is 0 Å². The van der Waals surface area contributed by atoms with E-state index in [-0.39, 0.29) is 12.8 Å². The second-order valence-corrected chi connectivity index (χ2v) is 3.02. The van der Waals surface area contributed by atoms with Crippen LogP contribution in [0.3, 0.4) is 0 Å². The summed E-state index contributed by atoms with van der Waals surface area (Å²) in [6.45, 7) is 2.24. The zero-order valence-corrected chi connectivity index (χ0v) is 7.94. The summed E-state index contributed by atoms with van der Waals surface area (Å²) in [4.78, 5) is 31.5. The lowest BCUT2D eigenvalue weighted by molar-refractivity contribution is -0.176. The van der Waals surface area contributed by atoms with Gasteiger partial charge < -0.3 is 14.9 Å². The first-order valence-electron chi connectivity index (χ1n) is 3.92. The van der Waals surface area contributed by atoms with E-state index in [1.165, 1.54) is 6.92 Å². The molecule has 0 aliphatic heterocycles. The van der Waals surface area contributed by atoms with Crippen LogP contribution in [0.1, 0.15) is 26.7 Å². The smallest absolute Gasteiger partial charge is 0.347 e. The van der Waals surface area contributed by atoms with Crippen molar-refractivity contribution in [3.63, 3.8) is 0 Å². The lowest BCUT2D eigenvalue weighted by atomic mass is 10.0. The first-order chi connectivity index (χ1) is 6.28. The molecule has 0 aromatic rings. The number of hydrogen-bond acceptors (Lipinski definition) is 4. The second-order valence-electron chi connectivity index (χ2n) is 3.02. The van der Waals surface area contributed by atoms with Gasteiger partial charge in [-0.1, -0.05) is 0 Å². The van der Waals surface area contributed by atoms with Gasteiger partial charge in [0.15, 0.2) is 0 Å². The Morgan fingerprint density at radius 1 is 1.29 bits per heavy atom. The SMILES string of the molecule is CC(=O)OC(C)(CCC(=O)O)C(=O)O. The maximum absolute atomic E-state index is 10.7. The second kappa shape index (κ2) is 4.59. The molecule has 1 atom stereocenters. The van der Waals surface area contributed by atoms with Crippen molar-refractivity contribution in [2.75, 3.05) is 0 Å². The van der Waals surface area contributed by atoms with E-state index in [0.29, 0.717) is 0 Å². The standard InChI is InChI=1S/C8H12O6/c1-5(9)14-8(2,7(12)13)4-3-6(10)11/h3-4H2,1-2H3,(H,10,11)(H,12,13). The van der Waals surface area contributed by atoms with Crippen molar-refractivity contribution < 1.29 is 29.3 Å². The van der Waals surface area contributed by atoms with Gasteiger partial charge in [0.05, 0.1) is 0 Å². The molecule has 0 radical (unpaired) electrons. The van der Waals surface area contributed by atoms with E-state index in [2.05, 4.69) is 4.74 Å². The number of carboxylic acids is 2. The topological polar surface area (TPSA) is 101 Å². The fourth-order valence-electron chi connectivity index (χ4n) is 0.864. The third-order valence-corrected chi connectivity index (χ3v) is 1.64. The Kier molecular flexibility index (Phi) is 4.07. The Morgan fingerprint density at radius 2 is 1.79 bits per heavy atom. The molecule has 0 aromatic carbocycles. The van der Waals surface area contributed by atoms with Crippen molar-refractivity contribution in [3.8, 4) is 0 Å². The predicted molar refractivity (Wildman–Crippen MR) is 44.7 cm³/mol. The number of carboxylic acid groups (broad SMARTS) is 2. The number of hydrogen-bond donors (Lipinski definition) is 2. The summed E-state index contributed by atoms with van der Waals surface area (Å²) >= 11 is 0. The highest BCUT2D eigenvalue weighted by Gasteiger charge is 2.36. The highest BCUT2D eigenvalue weighted by Crippen LogP contribution is 2.18. The molecule has 0 saturated carbocycles. The van der Waals surface area contributed by atoms with Crippen molar-refractivity contribution in [2.45, 2.75) is 32.3 Å². The van der Waals surface area contributed by atoms with Gasteiger partial charge in [-0.2, -0.15) is 0 Å². The Balaban J connectivity index is 4.47. The monoisotopic (exact) mass is 204 g/mol. The third-order valence-electron chi connectivity index (χ3n) is 1.64. The molecule has 2 N–H and O–H groups in total. The fraction of sp³-hybridized carbons (Fsp3) is 0.625. The summed E-state index contributed by atoms with van der Waals surface area (Å²) in [6.07, 6.45) is -0.618. The number of aliphatic carboxylic acids is 2.